The van der Waals surface area contributed by atoms with Crippen molar-refractivity contribution in [3.05, 3.63) is 0 Å². The average Bonchev–Trinajstić information content (AvgIpc) is 1.88. The molecule has 0 radical (unpaired) electrons. The van der Waals surface area contributed by atoms with Gasteiger partial charge >= 0.3 is 29.6 Å². The van der Waals surface area contributed by atoms with Crippen LogP contribution in [0.2, 0.25) is 0 Å². The molecule has 6 heteroatoms. The van der Waals surface area contributed by atoms with Crippen molar-refractivity contribution >= 4 is 5.97 Å². The van der Waals surface area contributed by atoms with E-state index in [1.807, 2.05) is 0 Å². The van der Waals surface area contributed by atoms with Gasteiger partial charge in [-0.05, 0) is 27.7 Å². The summed E-state index contributed by atoms with van der Waals surface area (Å²) in [5, 5.41) is 31.6. The van der Waals surface area contributed by atoms with Crippen LogP contribution in [0.5, 0.6) is 0 Å². The van der Waals surface area contributed by atoms with Crippen LogP contribution in [0, 0.1) is 0 Å². The zero-order valence-corrected chi connectivity index (χ0v) is 11.8. The molecule has 0 rings (SSSR count). The largest absolute Gasteiger partial charge is 1.00 e. The summed E-state index contributed by atoms with van der Waals surface area (Å²) in [6.45, 7) is 6.76. The number of aliphatic hydroxyl groups excluding tert-OH is 3. The summed E-state index contributed by atoms with van der Waals surface area (Å²) in [6, 6.07) is 0. The smallest absolute Gasteiger partial charge is 0.550 e. The molecule has 0 atom stereocenters. The fourth-order valence-corrected chi connectivity index (χ4v) is 0. The van der Waals surface area contributed by atoms with Gasteiger partial charge in [-0.15, -0.1) is 0 Å². The quantitative estimate of drug-likeness (QED) is 0.359. The molecular weight excluding hydrogens is 199 g/mol. The van der Waals surface area contributed by atoms with Gasteiger partial charge in [-0.3, -0.25) is 0 Å². The predicted molar refractivity (Wildman–Crippen MR) is 49.0 cm³/mol. The summed E-state index contributed by atoms with van der Waals surface area (Å²) in [5.74, 6) is -1.08. The Morgan fingerprint density at radius 3 is 1.00 bits per heavy atom. The first kappa shape index (κ1) is 29.3. The Hall–Kier alpha value is 0.350. The van der Waals surface area contributed by atoms with Crippen molar-refractivity contribution < 1.29 is 54.8 Å². The van der Waals surface area contributed by atoms with Crippen LogP contribution in [0.3, 0.4) is 0 Å². The van der Waals surface area contributed by atoms with Crippen LogP contribution in [-0.4, -0.2) is 41.1 Å². The second-order valence-electron chi connectivity index (χ2n) is 1.44. The summed E-state index contributed by atoms with van der Waals surface area (Å²) >= 11 is 0. The normalized spacial score (nSPS) is 5.64. The van der Waals surface area contributed by atoms with Crippen LogP contribution < -0.4 is 34.7 Å². The topological polar surface area (TPSA) is 101 Å². The van der Waals surface area contributed by atoms with Gasteiger partial charge in [0.1, 0.15) is 0 Å². The minimum atomic E-state index is -1.08. The molecule has 0 aromatic heterocycles. The molecule has 0 aromatic carbocycles. The Bertz CT molecular complexity index is 62.0. The van der Waals surface area contributed by atoms with E-state index in [-0.39, 0.29) is 49.4 Å². The van der Waals surface area contributed by atoms with Crippen LogP contribution >= 0.6 is 0 Å². The molecule has 3 N–H and O–H groups in total. The fraction of sp³-hybridized carbons (Fsp3) is 0.875. The van der Waals surface area contributed by atoms with E-state index in [9.17, 15) is 0 Å². The second kappa shape index (κ2) is 50.5. The number of carbonyl (C=O) groups excluding carboxylic acids is 1. The minimum absolute atomic E-state index is 0. The van der Waals surface area contributed by atoms with Crippen LogP contribution in [0.4, 0.5) is 0 Å². The molecule has 0 spiro atoms. The van der Waals surface area contributed by atoms with Crippen molar-refractivity contribution in [2.45, 2.75) is 27.7 Å². The fourth-order valence-electron chi connectivity index (χ4n) is 0. The van der Waals surface area contributed by atoms with Crippen molar-refractivity contribution in [3.8, 4) is 0 Å². The number of carboxylic acid groups (broad SMARTS) is 1. The summed E-state index contributed by atoms with van der Waals surface area (Å²) in [4.78, 5) is 8.89. The average molecular weight is 220 g/mol. The number of hydrogen-bond acceptors (Lipinski definition) is 5. The van der Waals surface area contributed by atoms with Crippen molar-refractivity contribution in [3.63, 3.8) is 0 Å². The van der Waals surface area contributed by atoms with Crippen molar-refractivity contribution in [1.82, 2.24) is 0 Å². The summed E-state index contributed by atoms with van der Waals surface area (Å²) in [6.07, 6.45) is 0. The first-order valence-electron chi connectivity index (χ1n) is 3.98. The molecule has 0 saturated carbocycles. The Morgan fingerprint density at radius 1 is 1.00 bits per heavy atom. The molecule has 0 aliphatic rings. The van der Waals surface area contributed by atoms with Crippen LogP contribution in [0.25, 0.3) is 0 Å². The minimum Gasteiger partial charge on any atom is -0.550 e. The van der Waals surface area contributed by atoms with Crippen LogP contribution in [0.1, 0.15) is 27.7 Å². The maximum absolute atomic E-state index is 8.89. The summed E-state index contributed by atoms with van der Waals surface area (Å²) < 4.78 is 0. The number of rotatable bonds is 0. The van der Waals surface area contributed by atoms with Gasteiger partial charge < -0.3 is 25.2 Å². The second-order valence-corrected chi connectivity index (χ2v) is 1.44. The summed E-state index contributed by atoms with van der Waals surface area (Å²) in [7, 11) is 0. The van der Waals surface area contributed by atoms with Gasteiger partial charge in [0.05, 0.1) is 0 Å². The van der Waals surface area contributed by atoms with E-state index in [1.54, 1.807) is 20.8 Å². The number of hydrogen-bond donors (Lipinski definition) is 3. The zero-order chi connectivity index (χ0) is 11.7. The first-order chi connectivity index (χ1) is 5.97. The molecule has 0 aromatic rings. The maximum atomic E-state index is 8.89. The molecule has 5 nitrogen and oxygen atoms in total. The molecule has 0 amide bonds. The first-order valence-corrected chi connectivity index (χ1v) is 3.98. The molecule has 0 heterocycles. The molecule has 0 aliphatic carbocycles. The number of carboxylic acids is 1. The Kier molecular flexibility index (Phi) is 106. The molecule has 84 valence electrons. The van der Waals surface area contributed by atoms with Gasteiger partial charge in [-0.2, -0.15) is 0 Å². The third-order valence-corrected chi connectivity index (χ3v) is 0. The SMILES string of the molecule is CC(=O)[O-].CCO.CCO.CCO.[Na+]. The van der Waals surface area contributed by atoms with E-state index >= 15 is 0 Å². The monoisotopic (exact) mass is 220 g/mol. The Morgan fingerprint density at radius 2 is 1.00 bits per heavy atom. The van der Waals surface area contributed by atoms with Gasteiger partial charge in [0, 0.05) is 25.8 Å². The third kappa shape index (κ3) is 13000. The van der Waals surface area contributed by atoms with E-state index in [4.69, 9.17) is 25.2 Å². The zero-order valence-electron chi connectivity index (χ0n) is 9.78. The van der Waals surface area contributed by atoms with Crippen molar-refractivity contribution in [1.29, 1.82) is 0 Å². The Labute approximate surface area is 108 Å². The predicted octanol–water partition coefficient (Wildman–Crippen LogP) is -4.24. The number of carbonyl (C=O) groups is 1. The molecule has 14 heavy (non-hydrogen) atoms. The molecule has 0 fully saturated rings. The number of aliphatic carboxylic acids is 1. The Balaban J connectivity index is -0.0000000254. The van der Waals surface area contributed by atoms with Crippen LogP contribution in [-0.2, 0) is 4.79 Å². The van der Waals surface area contributed by atoms with Gasteiger partial charge in [0.15, 0.2) is 0 Å². The van der Waals surface area contributed by atoms with E-state index in [2.05, 4.69) is 0 Å². The van der Waals surface area contributed by atoms with Crippen molar-refractivity contribution in [2.24, 2.45) is 0 Å². The molecule has 0 unspecified atom stereocenters. The molecule has 0 saturated heterocycles. The number of aliphatic hydroxyl groups is 3. The van der Waals surface area contributed by atoms with Crippen LogP contribution in [0.15, 0.2) is 0 Å². The van der Waals surface area contributed by atoms with E-state index in [1.165, 1.54) is 0 Å². The van der Waals surface area contributed by atoms with E-state index in [0.29, 0.717) is 0 Å². The van der Waals surface area contributed by atoms with Gasteiger partial charge in [0.25, 0.3) is 0 Å². The standard InChI is InChI=1S/C2H4O2.3C2H6O.Na/c1-2(3)4;3*1-2-3;/h1H3,(H,3,4);3*3H,2H2,1H3;/q;;;;+1/p-1. The molecular formula is C8H21NaO5. The van der Waals surface area contributed by atoms with E-state index in [0.717, 1.165) is 6.92 Å². The van der Waals surface area contributed by atoms with Gasteiger partial charge in [0.2, 0.25) is 0 Å². The van der Waals surface area contributed by atoms with Crippen molar-refractivity contribution in [2.75, 3.05) is 19.8 Å². The van der Waals surface area contributed by atoms with E-state index < -0.39 is 5.97 Å². The third-order valence-electron chi connectivity index (χ3n) is 0. The van der Waals surface area contributed by atoms with Gasteiger partial charge in [-0.25, -0.2) is 0 Å². The maximum Gasteiger partial charge on any atom is 1.00 e. The molecule has 0 bridgehead atoms. The van der Waals surface area contributed by atoms with Gasteiger partial charge in [-0.1, -0.05) is 0 Å². The summed E-state index contributed by atoms with van der Waals surface area (Å²) in [5.41, 5.74) is 0. The molecule has 0 aliphatic heterocycles.